The molecule has 0 aliphatic carbocycles. The molecular weight excluding hydrogens is 354 g/mol. The molecular formula is C22H35N3O3. The van der Waals surface area contributed by atoms with Crippen LogP contribution in [0.5, 0.6) is 5.75 Å². The van der Waals surface area contributed by atoms with E-state index in [0.717, 1.165) is 30.9 Å². The number of methoxy groups -OCH3 is 2. The predicted octanol–water partition coefficient (Wildman–Crippen LogP) is 3.83. The third kappa shape index (κ3) is 5.61. The number of hydrogen-bond acceptors (Lipinski definition) is 4. The number of anilines is 1. The van der Waals surface area contributed by atoms with Gasteiger partial charge in [-0.2, -0.15) is 0 Å². The van der Waals surface area contributed by atoms with Crippen molar-refractivity contribution in [2.24, 2.45) is 5.92 Å². The number of piperidine rings is 2. The molecule has 2 atom stereocenters. The number of urea groups is 1. The van der Waals surface area contributed by atoms with Crippen LogP contribution in [0, 0.1) is 5.92 Å². The quantitative estimate of drug-likeness (QED) is 0.687. The Morgan fingerprint density at radius 1 is 1.14 bits per heavy atom. The van der Waals surface area contributed by atoms with Gasteiger partial charge >= 0.3 is 6.03 Å². The Kier molecular flexibility index (Phi) is 7.98. The molecule has 0 saturated carbocycles. The number of benzene rings is 1. The second kappa shape index (κ2) is 10.7. The van der Waals surface area contributed by atoms with Crippen molar-refractivity contribution >= 4 is 11.7 Å². The molecule has 1 N–H and O–H groups in total. The van der Waals surface area contributed by atoms with Crippen LogP contribution in [0.4, 0.5) is 10.5 Å². The van der Waals surface area contributed by atoms with Gasteiger partial charge in [0.05, 0.1) is 7.11 Å². The minimum absolute atomic E-state index is 0.0193. The number of amides is 2. The smallest absolute Gasteiger partial charge is 0.321 e. The predicted molar refractivity (Wildman–Crippen MR) is 112 cm³/mol. The van der Waals surface area contributed by atoms with Gasteiger partial charge in [0.1, 0.15) is 5.75 Å². The summed E-state index contributed by atoms with van der Waals surface area (Å²) in [5.74, 6) is 1.35. The highest BCUT2D eigenvalue weighted by Crippen LogP contribution is 2.31. The Balaban J connectivity index is 1.63. The number of ether oxygens (including phenoxy) is 2. The molecule has 2 saturated heterocycles. The van der Waals surface area contributed by atoms with Gasteiger partial charge in [-0.05, 0) is 75.4 Å². The van der Waals surface area contributed by atoms with Gasteiger partial charge in [0.25, 0.3) is 0 Å². The van der Waals surface area contributed by atoms with Crippen molar-refractivity contribution in [1.82, 2.24) is 9.80 Å². The first-order chi connectivity index (χ1) is 13.7. The molecule has 2 heterocycles. The number of hydrogen-bond donors (Lipinski definition) is 1. The van der Waals surface area contributed by atoms with Crippen molar-refractivity contribution in [3.05, 3.63) is 24.3 Å². The summed E-state index contributed by atoms with van der Waals surface area (Å²) in [6.07, 6.45) is 7.23. The lowest BCUT2D eigenvalue weighted by Gasteiger charge is -2.45. The highest BCUT2D eigenvalue weighted by atomic mass is 16.5. The summed E-state index contributed by atoms with van der Waals surface area (Å²) in [6.45, 7) is 4.67. The maximum absolute atomic E-state index is 13.0. The zero-order valence-corrected chi connectivity index (χ0v) is 17.4. The van der Waals surface area contributed by atoms with Gasteiger partial charge in [-0.25, -0.2) is 4.79 Å². The summed E-state index contributed by atoms with van der Waals surface area (Å²) in [6, 6.07) is 8.12. The van der Waals surface area contributed by atoms with Crippen molar-refractivity contribution < 1.29 is 14.3 Å². The molecule has 0 radical (unpaired) electrons. The lowest BCUT2D eigenvalue weighted by atomic mass is 9.83. The molecule has 2 fully saturated rings. The highest BCUT2D eigenvalue weighted by molar-refractivity contribution is 5.89. The van der Waals surface area contributed by atoms with E-state index in [1.165, 1.54) is 45.2 Å². The SMILES string of the molecule is COCCCN(CC1CCCN2CCCCC12)C(=O)Nc1ccc(OC)cc1. The molecule has 1 aromatic carbocycles. The number of carbonyl (C=O) groups is 1. The van der Waals surface area contributed by atoms with Crippen molar-refractivity contribution in [1.29, 1.82) is 0 Å². The Bertz CT molecular complexity index is 606. The lowest BCUT2D eigenvalue weighted by Crippen LogP contribution is -2.52. The molecule has 2 aliphatic rings. The van der Waals surface area contributed by atoms with E-state index >= 15 is 0 Å². The summed E-state index contributed by atoms with van der Waals surface area (Å²) in [7, 11) is 3.35. The Morgan fingerprint density at radius 3 is 2.68 bits per heavy atom. The minimum atomic E-state index is -0.0193. The second-order valence-electron chi connectivity index (χ2n) is 7.95. The van der Waals surface area contributed by atoms with Crippen LogP contribution in [0.1, 0.15) is 38.5 Å². The topological polar surface area (TPSA) is 54.0 Å². The summed E-state index contributed by atoms with van der Waals surface area (Å²) in [5.41, 5.74) is 0.797. The van der Waals surface area contributed by atoms with Crippen LogP contribution < -0.4 is 10.1 Å². The molecule has 3 rings (SSSR count). The number of carbonyl (C=O) groups excluding carboxylic acids is 1. The van der Waals surface area contributed by atoms with E-state index in [9.17, 15) is 4.79 Å². The zero-order chi connectivity index (χ0) is 19.8. The van der Waals surface area contributed by atoms with E-state index in [2.05, 4.69) is 10.2 Å². The van der Waals surface area contributed by atoms with Crippen molar-refractivity contribution in [2.75, 3.05) is 52.3 Å². The third-order valence-corrected chi connectivity index (χ3v) is 6.09. The van der Waals surface area contributed by atoms with E-state index in [-0.39, 0.29) is 6.03 Å². The highest BCUT2D eigenvalue weighted by Gasteiger charge is 2.34. The van der Waals surface area contributed by atoms with Crippen LogP contribution in [0.15, 0.2) is 24.3 Å². The first kappa shape index (κ1) is 20.9. The summed E-state index contributed by atoms with van der Waals surface area (Å²) < 4.78 is 10.4. The standard InChI is InChI=1S/C22H35N3O3/c1-27-16-6-15-25(22(26)23-19-9-11-20(28-2)12-10-19)17-18-7-5-14-24-13-4-3-8-21(18)24/h9-12,18,21H,3-8,13-17H2,1-2H3,(H,23,26). The summed E-state index contributed by atoms with van der Waals surface area (Å²) in [4.78, 5) is 17.7. The molecule has 6 heteroatoms. The van der Waals surface area contributed by atoms with Gasteiger partial charge in [0.15, 0.2) is 0 Å². The van der Waals surface area contributed by atoms with Crippen LogP contribution >= 0.6 is 0 Å². The van der Waals surface area contributed by atoms with Crippen LogP contribution in [0.2, 0.25) is 0 Å². The lowest BCUT2D eigenvalue weighted by molar-refractivity contribution is 0.0456. The van der Waals surface area contributed by atoms with Gasteiger partial charge in [-0.3, -0.25) is 0 Å². The van der Waals surface area contributed by atoms with Gasteiger partial charge in [-0.15, -0.1) is 0 Å². The zero-order valence-electron chi connectivity index (χ0n) is 17.4. The van der Waals surface area contributed by atoms with E-state index in [1.807, 2.05) is 29.2 Å². The fourth-order valence-corrected chi connectivity index (χ4v) is 4.63. The molecule has 0 bridgehead atoms. The van der Waals surface area contributed by atoms with E-state index < -0.39 is 0 Å². The Labute approximate surface area is 169 Å². The maximum Gasteiger partial charge on any atom is 0.321 e. The number of nitrogens with one attached hydrogen (secondary N) is 1. The van der Waals surface area contributed by atoms with Crippen LogP contribution in [-0.4, -0.2) is 68.9 Å². The number of fused-ring (bicyclic) bond motifs is 1. The number of rotatable bonds is 8. The molecule has 0 spiro atoms. The Hall–Kier alpha value is -1.79. The first-order valence-corrected chi connectivity index (χ1v) is 10.6. The van der Waals surface area contributed by atoms with Gasteiger partial charge in [0, 0.05) is 38.5 Å². The molecule has 0 aromatic heterocycles. The molecule has 28 heavy (non-hydrogen) atoms. The van der Waals surface area contributed by atoms with Crippen molar-refractivity contribution in [2.45, 2.75) is 44.6 Å². The van der Waals surface area contributed by atoms with Crippen molar-refractivity contribution in [3.63, 3.8) is 0 Å². The molecule has 6 nitrogen and oxygen atoms in total. The van der Waals surface area contributed by atoms with E-state index in [0.29, 0.717) is 18.6 Å². The second-order valence-corrected chi connectivity index (χ2v) is 7.95. The molecule has 2 aliphatic heterocycles. The van der Waals surface area contributed by atoms with E-state index in [1.54, 1.807) is 14.2 Å². The minimum Gasteiger partial charge on any atom is -0.497 e. The number of nitrogens with zero attached hydrogens (tertiary/aromatic N) is 2. The average molecular weight is 390 g/mol. The van der Waals surface area contributed by atoms with Gasteiger partial charge in [0.2, 0.25) is 0 Å². The van der Waals surface area contributed by atoms with Crippen molar-refractivity contribution in [3.8, 4) is 5.75 Å². The normalized spacial score (nSPS) is 22.4. The molecule has 2 amide bonds. The van der Waals surface area contributed by atoms with Gasteiger partial charge in [-0.1, -0.05) is 6.42 Å². The fourth-order valence-electron chi connectivity index (χ4n) is 4.63. The monoisotopic (exact) mass is 389 g/mol. The molecule has 156 valence electrons. The largest absolute Gasteiger partial charge is 0.497 e. The van der Waals surface area contributed by atoms with Gasteiger partial charge < -0.3 is 24.6 Å². The van der Waals surface area contributed by atoms with Crippen LogP contribution in [-0.2, 0) is 4.74 Å². The van der Waals surface area contributed by atoms with E-state index in [4.69, 9.17) is 9.47 Å². The fraction of sp³-hybridized carbons (Fsp3) is 0.682. The Morgan fingerprint density at radius 2 is 1.93 bits per heavy atom. The average Bonchev–Trinajstić information content (AvgIpc) is 2.74. The third-order valence-electron chi connectivity index (χ3n) is 6.09. The maximum atomic E-state index is 13.0. The summed E-state index contributed by atoms with van der Waals surface area (Å²) >= 11 is 0. The summed E-state index contributed by atoms with van der Waals surface area (Å²) in [5, 5.41) is 3.06. The van der Waals surface area contributed by atoms with Crippen LogP contribution in [0.25, 0.3) is 0 Å². The first-order valence-electron chi connectivity index (χ1n) is 10.6. The molecule has 1 aromatic rings. The molecule has 2 unspecified atom stereocenters. The van der Waals surface area contributed by atoms with Crippen LogP contribution in [0.3, 0.4) is 0 Å².